The Kier molecular flexibility index (Phi) is 5.91. The maximum absolute atomic E-state index is 6.51. The SMILES string of the molecule is CC(C)N1CCCCC(CN)C1c1ccc(Br)cc1Cl. The molecule has 0 aromatic heterocycles. The first kappa shape index (κ1) is 16.3. The van der Waals surface area contributed by atoms with Crippen LogP contribution in [0.2, 0.25) is 5.02 Å². The summed E-state index contributed by atoms with van der Waals surface area (Å²) in [4.78, 5) is 2.57. The van der Waals surface area contributed by atoms with Gasteiger partial charge in [0.25, 0.3) is 0 Å². The van der Waals surface area contributed by atoms with Gasteiger partial charge >= 0.3 is 0 Å². The first-order valence-corrected chi connectivity index (χ1v) is 8.62. The highest BCUT2D eigenvalue weighted by atomic mass is 79.9. The monoisotopic (exact) mass is 358 g/mol. The number of hydrogen-bond acceptors (Lipinski definition) is 2. The Bertz CT molecular complexity index is 450. The lowest BCUT2D eigenvalue weighted by Gasteiger charge is -2.38. The lowest BCUT2D eigenvalue weighted by Crippen LogP contribution is -2.40. The Morgan fingerprint density at radius 2 is 2.15 bits per heavy atom. The fourth-order valence-corrected chi connectivity index (χ4v) is 4.05. The molecule has 1 heterocycles. The molecule has 20 heavy (non-hydrogen) atoms. The van der Waals surface area contributed by atoms with E-state index in [0.29, 0.717) is 18.0 Å². The summed E-state index contributed by atoms with van der Waals surface area (Å²) in [6.07, 6.45) is 3.70. The molecule has 1 aliphatic heterocycles. The molecule has 1 saturated heterocycles. The van der Waals surface area contributed by atoms with Crippen molar-refractivity contribution in [3.05, 3.63) is 33.3 Å². The Labute approximate surface area is 135 Å². The molecule has 2 atom stereocenters. The molecule has 1 aromatic carbocycles. The smallest absolute Gasteiger partial charge is 0.0465 e. The van der Waals surface area contributed by atoms with Crippen LogP contribution in [0.5, 0.6) is 0 Å². The van der Waals surface area contributed by atoms with Crippen molar-refractivity contribution in [3.63, 3.8) is 0 Å². The third kappa shape index (κ3) is 3.56. The fourth-order valence-electron chi connectivity index (χ4n) is 3.27. The summed E-state index contributed by atoms with van der Waals surface area (Å²) in [5, 5.41) is 0.843. The molecule has 2 nitrogen and oxygen atoms in total. The van der Waals surface area contributed by atoms with Crippen molar-refractivity contribution in [2.45, 2.75) is 45.2 Å². The number of nitrogens with two attached hydrogens (primary N) is 1. The van der Waals surface area contributed by atoms with E-state index in [1.165, 1.54) is 24.8 Å². The summed E-state index contributed by atoms with van der Waals surface area (Å²) >= 11 is 10.0. The van der Waals surface area contributed by atoms with Crippen LogP contribution in [0.25, 0.3) is 0 Å². The highest BCUT2D eigenvalue weighted by Crippen LogP contribution is 2.39. The minimum atomic E-state index is 0.336. The second kappa shape index (κ2) is 7.26. The normalized spacial score (nSPS) is 24.9. The number of hydrogen-bond donors (Lipinski definition) is 1. The van der Waals surface area contributed by atoms with Crippen molar-refractivity contribution in [2.24, 2.45) is 11.7 Å². The van der Waals surface area contributed by atoms with E-state index in [2.05, 4.69) is 46.8 Å². The van der Waals surface area contributed by atoms with Crippen molar-refractivity contribution in [2.75, 3.05) is 13.1 Å². The molecule has 0 bridgehead atoms. The van der Waals surface area contributed by atoms with Crippen LogP contribution < -0.4 is 5.73 Å². The number of rotatable bonds is 3. The van der Waals surface area contributed by atoms with E-state index in [-0.39, 0.29) is 0 Å². The van der Waals surface area contributed by atoms with Crippen LogP contribution in [0.4, 0.5) is 0 Å². The quantitative estimate of drug-likeness (QED) is 0.853. The van der Waals surface area contributed by atoms with E-state index >= 15 is 0 Å². The average Bonchev–Trinajstić information content (AvgIpc) is 2.61. The predicted molar refractivity (Wildman–Crippen MR) is 90.1 cm³/mol. The van der Waals surface area contributed by atoms with E-state index in [4.69, 9.17) is 17.3 Å². The van der Waals surface area contributed by atoms with Crippen LogP contribution in [0.3, 0.4) is 0 Å². The molecule has 0 amide bonds. The lowest BCUT2D eigenvalue weighted by atomic mass is 9.88. The van der Waals surface area contributed by atoms with Crippen LogP contribution >= 0.6 is 27.5 Å². The second-order valence-corrected chi connectivity index (χ2v) is 7.26. The molecule has 4 heteroatoms. The van der Waals surface area contributed by atoms with Crippen molar-refractivity contribution >= 4 is 27.5 Å². The molecule has 0 spiro atoms. The van der Waals surface area contributed by atoms with Crippen LogP contribution in [0.1, 0.15) is 44.7 Å². The van der Waals surface area contributed by atoms with Crippen LogP contribution in [0.15, 0.2) is 22.7 Å². The van der Waals surface area contributed by atoms with E-state index in [1.54, 1.807) is 0 Å². The molecule has 0 saturated carbocycles. The van der Waals surface area contributed by atoms with Gasteiger partial charge in [-0.15, -0.1) is 0 Å². The Balaban J connectivity index is 2.43. The first-order chi connectivity index (χ1) is 9.54. The summed E-state index contributed by atoms with van der Waals surface area (Å²) in [5.74, 6) is 0.485. The Morgan fingerprint density at radius 3 is 2.75 bits per heavy atom. The van der Waals surface area contributed by atoms with Gasteiger partial charge in [-0.25, -0.2) is 0 Å². The van der Waals surface area contributed by atoms with Gasteiger partial charge in [-0.1, -0.05) is 40.0 Å². The highest BCUT2D eigenvalue weighted by molar-refractivity contribution is 9.10. The molecule has 1 aliphatic rings. The van der Waals surface area contributed by atoms with Gasteiger partial charge in [0.15, 0.2) is 0 Å². The zero-order valence-corrected chi connectivity index (χ0v) is 14.6. The van der Waals surface area contributed by atoms with E-state index in [0.717, 1.165) is 22.6 Å². The maximum atomic E-state index is 6.51. The van der Waals surface area contributed by atoms with Crippen LogP contribution in [0, 0.1) is 5.92 Å². The molecule has 0 aliphatic carbocycles. The largest absolute Gasteiger partial charge is 0.330 e. The van der Waals surface area contributed by atoms with Crippen molar-refractivity contribution in [1.29, 1.82) is 0 Å². The van der Waals surface area contributed by atoms with Gasteiger partial charge in [0.2, 0.25) is 0 Å². The van der Waals surface area contributed by atoms with E-state index in [9.17, 15) is 0 Å². The minimum Gasteiger partial charge on any atom is -0.330 e. The third-order valence-corrected chi connectivity index (χ3v) is 5.11. The molecular formula is C16H24BrClN2. The maximum Gasteiger partial charge on any atom is 0.0465 e. The van der Waals surface area contributed by atoms with Crippen LogP contribution in [-0.2, 0) is 0 Å². The predicted octanol–water partition coefficient (Wildman–Crippen LogP) is 4.61. The summed E-state index contributed by atoms with van der Waals surface area (Å²) in [5.41, 5.74) is 7.29. The standard InChI is InChI=1S/C16H24BrClN2/c1-11(2)20-8-4-3-5-12(10-19)16(20)14-7-6-13(17)9-15(14)18/h6-7,9,11-12,16H,3-5,8,10,19H2,1-2H3. The summed E-state index contributed by atoms with van der Waals surface area (Å²) in [7, 11) is 0. The molecule has 0 radical (unpaired) electrons. The first-order valence-electron chi connectivity index (χ1n) is 7.45. The van der Waals surface area contributed by atoms with Gasteiger partial charge in [-0.2, -0.15) is 0 Å². The molecule has 2 N–H and O–H groups in total. The summed E-state index contributed by atoms with van der Waals surface area (Å²) in [6.45, 7) is 6.38. The summed E-state index contributed by atoms with van der Waals surface area (Å²) < 4.78 is 1.03. The third-order valence-electron chi connectivity index (χ3n) is 4.29. The van der Waals surface area contributed by atoms with E-state index in [1.807, 2.05) is 6.07 Å². The van der Waals surface area contributed by atoms with Gasteiger partial charge in [-0.3, -0.25) is 4.90 Å². The number of likely N-dealkylation sites (tertiary alicyclic amines) is 1. The van der Waals surface area contributed by atoms with Gasteiger partial charge in [0.05, 0.1) is 0 Å². The Hall–Kier alpha value is -0.0900. The fraction of sp³-hybridized carbons (Fsp3) is 0.625. The van der Waals surface area contributed by atoms with Gasteiger partial charge in [0, 0.05) is 21.6 Å². The van der Waals surface area contributed by atoms with Crippen molar-refractivity contribution in [3.8, 4) is 0 Å². The van der Waals surface area contributed by atoms with Crippen LogP contribution in [-0.4, -0.2) is 24.0 Å². The van der Waals surface area contributed by atoms with Gasteiger partial charge in [0.1, 0.15) is 0 Å². The number of halogens is 2. The molecular weight excluding hydrogens is 336 g/mol. The molecule has 1 fully saturated rings. The zero-order chi connectivity index (χ0) is 14.7. The van der Waals surface area contributed by atoms with Crippen molar-refractivity contribution < 1.29 is 0 Å². The number of benzene rings is 1. The van der Waals surface area contributed by atoms with Crippen molar-refractivity contribution in [1.82, 2.24) is 4.90 Å². The van der Waals surface area contributed by atoms with Gasteiger partial charge < -0.3 is 5.73 Å². The number of nitrogens with zero attached hydrogens (tertiary/aromatic N) is 1. The summed E-state index contributed by atoms with van der Waals surface area (Å²) in [6, 6.07) is 7.07. The second-order valence-electron chi connectivity index (χ2n) is 5.93. The zero-order valence-electron chi connectivity index (χ0n) is 12.3. The molecule has 112 valence electrons. The minimum absolute atomic E-state index is 0.336. The Morgan fingerprint density at radius 1 is 1.40 bits per heavy atom. The molecule has 2 unspecified atom stereocenters. The topological polar surface area (TPSA) is 29.3 Å². The lowest BCUT2D eigenvalue weighted by molar-refractivity contribution is 0.121. The molecule has 2 rings (SSSR count). The highest BCUT2D eigenvalue weighted by Gasteiger charge is 2.32. The van der Waals surface area contributed by atoms with E-state index < -0.39 is 0 Å². The molecule has 1 aromatic rings. The average molecular weight is 360 g/mol. The van der Waals surface area contributed by atoms with Gasteiger partial charge in [-0.05, 0) is 63.4 Å².